The van der Waals surface area contributed by atoms with E-state index in [-0.39, 0.29) is 24.5 Å². The van der Waals surface area contributed by atoms with Crippen molar-refractivity contribution in [2.24, 2.45) is 11.8 Å². The largest absolute Gasteiger partial charge is 0.396 e. The number of hydrogen-bond donors (Lipinski definition) is 2. The first-order chi connectivity index (χ1) is 6.48. The lowest BCUT2D eigenvalue weighted by atomic mass is 10.2. The Morgan fingerprint density at radius 2 is 1.93 bits per heavy atom. The van der Waals surface area contributed by atoms with Gasteiger partial charge in [0.05, 0.1) is 12.5 Å². The van der Waals surface area contributed by atoms with Gasteiger partial charge in [0.2, 0.25) is 0 Å². The smallest absolute Gasteiger partial charge is 0.190 e. The molecule has 1 saturated carbocycles. The highest BCUT2D eigenvalue weighted by atomic mass is 16.9. The van der Waals surface area contributed by atoms with Gasteiger partial charge in [0.1, 0.15) is 6.10 Å². The minimum Gasteiger partial charge on any atom is -0.396 e. The molecule has 0 amide bonds. The van der Waals surface area contributed by atoms with Crippen LogP contribution in [0.4, 0.5) is 0 Å². The van der Waals surface area contributed by atoms with Gasteiger partial charge in [0.25, 0.3) is 0 Å². The summed E-state index contributed by atoms with van der Waals surface area (Å²) in [5, 5.41) is 18.9. The zero-order valence-corrected chi connectivity index (χ0v) is 8.14. The molecule has 1 aliphatic carbocycles. The van der Waals surface area contributed by atoms with Crippen molar-refractivity contribution in [1.82, 2.24) is 0 Å². The molecule has 0 aromatic carbocycles. The number of ether oxygens (including phenoxy) is 3. The van der Waals surface area contributed by atoms with Crippen molar-refractivity contribution in [2.75, 3.05) is 6.61 Å². The van der Waals surface area contributed by atoms with Crippen molar-refractivity contribution in [3.63, 3.8) is 0 Å². The minimum atomic E-state index is -1.21. The Balaban J connectivity index is 1.81. The van der Waals surface area contributed by atoms with Crippen molar-refractivity contribution in [3.05, 3.63) is 0 Å². The molecule has 0 aromatic rings. The second-order valence-electron chi connectivity index (χ2n) is 4.65. The molecule has 2 heterocycles. The summed E-state index contributed by atoms with van der Waals surface area (Å²) in [6.07, 6.45) is -0.727. The molecule has 2 saturated heterocycles. The van der Waals surface area contributed by atoms with Crippen LogP contribution < -0.4 is 0 Å². The molecular weight excluding hydrogens is 188 g/mol. The predicted molar refractivity (Wildman–Crippen MR) is 43.9 cm³/mol. The number of fused-ring (bicyclic) bond motifs is 3. The van der Waals surface area contributed by atoms with Gasteiger partial charge in [-0.1, -0.05) is 0 Å². The quantitative estimate of drug-likeness (QED) is 0.595. The van der Waals surface area contributed by atoms with Gasteiger partial charge in [-0.05, 0) is 13.8 Å². The Morgan fingerprint density at radius 1 is 1.21 bits per heavy atom. The lowest BCUT2D eigenvalue weighted by Crippen LogP contribution is -2.28. The maximum Gasteiger partial charge on any atom is 0.190 e. The van der Waals surface area contributed by atoms with E-state index in [2.05, 4.69) is 0 Å². The van der Waals surface area contributed by atoms with Crippen LogP contribution in [0.3, 0.4) is 0 Å². The summed E-state index contributed by atoms with van der Waals surface area (Å²) >= 11 is 0. The minimum absolute atomic E-state index is 0.0752. The SMILES string of the molecule is CC1(C)OC2OC3(O)C(CO)C3C2O1. The van der Waals surface area contributed by atoms with E-state index in [9.17, 15) is 5.11 Å². The van der Waals surface area contributed by atoms with Crippen LogP contribution in [-0.4, -0.2) is 40.8 Å². The first-order valence-electron chi connectivity index (χ1n) is 4.84. The maximum atomic E-state index is 9.86. The van der Waals surface area contributed by atoms with Crippen LogP contribution in [0.15, 0.2) is 0 Å². The van der Waals surface area contributed by atoms with Crippen LogP contribution in [0.5, 0.6) is 0 Å². The second-order valence-corrected chi connectivity index (χ2v) is 4.65. The molecule has 2 aliphatic heterocycles. The third kappa shape index (κ3) is 0.914. The predicted octanol–water partition coefficient (Wildman–Crippen LogP) is -0.579. The molecular formula is C9H14O5. The fourth-order valence-electron chi connectivity index (χ4n) is 2.60. The number of rotatable bonds is 1. The molecule has 14 heavy (non-hydrogen) atoms. The molecule has 3 aliphatic rings. The molecule has 2 N–H and O–H groups in total. The average molecular weight is 202 g/mol. The highest BCUT2D eigenvalue weighted by Gasteiger charge is 2.78. The highest BCUT2D eigenvalue weighted by Crippen LogP contribution is 2.63. The molecule has 3 fully saturated rings. The Hall–Kier alpha value is -0.200. The summed E-state index contributed by atoms with van der Waals surface area (Å²) in [7, 11) is 0. The highest BCUT2D eigenvalue weighted by molar-refractivity contribution is 5.15. The van der Waals surface area contributed by atoms with Crippen molar-refractivity contribution >= 4 is 0 Å². The van der Waals surface area contributed by atoms with E-state index in [0.29, 0.717) is 0 Å². The first kappa shape index (κ1) is 9.06. The molecule has 0 radical (unpaired) electrons. The Kier molecular flexibility index (Phi) is 1.49. The summed E-state index contributed by atoms with van der Waals surface area (Å²) < 4.78 is 16.4. The van der Waals surface area contributed by atoms with E-state index in [1.165, 1.54) is 0 Å². The number of hydrogen-bond acceptors (Lipinski definition) is 5. The van der Waals surface area contributed by atoms with E-state index in [1.54, 1.807) is 0 Å². The standard InChI is InChI=1S/C9H14O5/c1-8(2)12-6-5-4(3-10)9(5,11)14-7(6)13-8/h4-7,10-11H,3H2,1-2H3. The summed E-state index contributed by atoms with van der Waals surface area (Å²) in [5.74, 6) is -2.22. The summed E-state index contributed by atoms with van der Waals surface area (Å²) in [4.78, 5) is 0. The van der Waals surface area contributed by atoms with E-state index < -0.39 is 17.9 Å². The second kappa shape index (κ2) is 2.31. The van der Waals surface area contributed by atoms with Crippen molar-refractivity contribution in [2.45, 2.75) is 37.8 Å². The molecule has 5 unspecified atom stereocenters. The van der Waals surface area contributed by atoms with Crippen molar-refractivity contribution in [1.29, 1.82) is 0 Å². The fraction of sp³-hybridized carbons (Fsp3) is 1.00. The van der Waals surface area contributed by atoms with Gasteiger partial charge in [-0.25, -0.2) is 0 Å². The fourth-order valence-corrected chi connectivity index (χ4v) is 2.60. The summed E-state index contributed by atoms with van der Waals surface area (Å²) in [6.45, 7) is 3.54. The zero-order valence-electron chi connectivity index (χ0n) is 8.14. The van der Waals surface area contributed by atoms with Crippen LogP contribution in [-0.2, 0) is 14.2 Å². The van der Waals surface area contributed by atoms with Gasteiger partial charge in [0, 0.05) is 5.92 Å². The average Bonchev–Trinajstić information content (AvgIpc) is 2.36. The van der Waals surface area contributed by atoms with E-state index in [4.69, 9.17) is 19.3 Å². The third-order valence-electron chi connectivity index (χ3n) is 3.28. The molecule has 5 nitrogen and oxygen atoms in total. The zero-order chi connectivity index (χ0) is 10.1. The molecule has 5 atom stereocenters. The van der Waals surface area contributed by atoms with E-state index >= 15 is 0 Å². The van der Waals surface area contributed by atoms with Crippen LogP contribution in [0.1, 0.15) is 13.8 Å². The lowest BCUT2D eigenvalue weighted by molar-refractivity contribution is -0.253. The summed E-state index contributed by atoms with van der Waals surface area (Å²) in [6, 6.07) is 0. The van der Waals surface area contributed by atoms with Crippen molar-refractivity contribution < 1.29 is 24.4 Å². The monoisotopic (exact) mass is 202 g/mol. The van der Waals surface area contributed by atoms with E-state index in [1.807, 2.05) is 13.8 Å². The molecule has 3 rings (SSSR count). The Labute approximate surface area is 81.6 Å². The van der Waals surface area contributed by atoms with Crippen LogP contribution in [0.2, 0.25) is 0 Å². The van der Waals surface area contributed by atoms with E-state index in [0.717, 1.165) is 0 Å². The molecule has 80 valence electrons. The van der Waals surface area contributed by atoms with Crippen molar-refractivity contribution in [3.8, 4) is 0 Å². The molecule has 0 spiro atoms. The molecule has 0 bridgehead atoms. The normalized spacial score (nSPS) is 58.3. The summed E-state index contributed by atoms with van der Waals surface area (Å²) in [5.41, 5.74) is 0. The Morgan fingerprint density at radius 3 is 2.57 bits per heavy atom. The van der Waals surface area contributed by atoms with Gasteiger partial charge >= 0.3 is 0 Å². The van der Waals surface area contributed by atoms with Crippen LogP contribution in [0.25, 0.3) is 0 Å². The van der Waals surface area contributed by atoms with Gasteiger partial charge in [-0.3, -0.25) is 0 Å². The lowest BCUT2D eigenvalue weighted by Gasteiger charge is -2.18. The van der Waals surface area contributed by atoms with Crippen LogP contribution >= 0.6 is 0 Å². The molecule has 0 aromatic heterocycles. The maximum absolute atomic E-state index is 9.86. The Bertz CT molecular complexity index is 278. The topological polar surface area (TPSA) is 68.2 Å². The van der Waals surface area contributed by atoms with Gasteiger partial charge in [-0.15, -0.1) is 0 Å². The van der Waals surface area contributed by atoms with Gasteiger partial charge in [0.15, 0.2) is 17.9 Å². The van der Waals surface area contributed by atoms with Gasteiger partial charge in [-0.2, -0.15) is 0 Å². The molecule has 5 heteroatoms. The number of aliphatic hydroxyl groups is 2. The van der Waals surface area contributed by atoms with Gasteiger partial charge < -0.3 is 24.4 Å². The van der Waals surface area contributed by atoms with Crippen LogP contribution in [0, 0.1) is 11.8 Å². The number of aliphatic hydroxyl groups excluding tert-OH is 1. The first-order valence-corrected chi connectivity index (χ1v) is 4.84. The third-order valence-corrected chi connectivity index (χ3v) is 3.28.